The van der Waals surface area contributed by atoms with Crippen molar-refractivity contribution in [2.75, 3.05) is 6.61 Å². The van der Waals surface area contributed by atoms with Crippen LogP contribution in [0.1, 0.15) is 63.0 Å². The molecule has 2 aromatic carbocycles. The van der Waals surface area contributed by atoms with Gasteiger partial charge in [-0.2, -0.15) is 0 Å². The van der Waals surface area contributed by atoms with Crippen molar-refractivity contribution in [2.45, 2.75) is 57.9 Å². The Balaban J connectivity index is 1.64. The summed E-state index contributed by atoms with van der Waals surface area (Å²) in [4.78, 5) is 24.1. The van der Waals surface area contributed by atoms with Crippen molar-refractivity contribution in [2.24, 2.45) is 5.92 Å². The summed E-state index contributed by atoms with van der Waals surface area (Å²) in [5.74, 6) is -0.768. The molecule has 160 valence electrons. The van der Waals surface area contributed by atoms with Crippen molar-refractivity contribution in [1.82, 2.24) is 5.32 Å². The zero-order chi connectivity index (χ0) is 21.5. The van der Waals surface area contributed by atoms with E-state index in [1.165, 1.54) is 0 Å². The van der Waals surface area contributed by atoms with Crippen molar-refractivity contribution < 1.29 is 19.4 Å². The number of hydrogen-bond acceptors (Lipinski definition) is 3. The first kappa shape index (κ1) is 21.9. The maximum absolute atomic E-state index is 12.4. The second kappa shape index (κ2) is 10.3. The van der Waals surface area contributed by atoms with Gasteiger partial charge in [-0.25, -0.2) is 9.59 Å². The smallest absolute Gasteiger partial charge is 0.407 e. The van der Waals surface area contributed by atoms with E-state index in [0.29, 0.717) is 6.42 Å². The molecule has 30 heavy (non-hydrogen) atoms. The number of amides is 1. The molecule has 0 fully saturated rings. The molecule has 0 aliphatic heterocycles. The molecular formula is C25H31NO4. The van der Waals surface area contributed by atoms with E-state index in [-0.39, 0.29) is 18.4 Å². The fourth-order valence-electron chi connectivity index (χ4n) is 4.53. The average molecular weight is 410 g/mol. The molecule has 3 rings (SSSR count). The Hall–Kier alpha value is -2.82. The molecule has 1 aliphatic carbocycles. The summed E-state index contributed by atoms with van der Waals surface area (Å²) >= 11 is 0. The van der Waals surface area contributed by atoms with Crippen LogP contribution < -0.4 is 5.32 Å². The van der Waals surface area contributed by atoms with Gasteiger partial charge >= 0.3 is 12.1 Å². The molecule has 0 aromatic heterocycles. The third-order valence-electron chi connectivity index (χ3n) is 5.90. The number of rotatable bonds is 10. The Morgan fingerprint density at radius 2 is 1.50 bits per heavy atom. The first-order chi connectivity index (χ1) is 14.5. The van der Waals surface area contributed by atoms with Crippen LogP contribution in [0.4, 0.5) is 4.79 Å². The first-order valence-electron chi connectivity index (χ1n) is 10.9. The number of fused-ring (bicyclic) bond motifs is 3. The van der Waals surface area contributed by atoms with Crippen LogP contribution >= 0.6 is 0 Å². The molecule has 0 bridgehead atoms. The summed E-state index contributed by atoms with van der Waals surface area (Å²) in [6.45, 7) is 4.37. The van der Waals surface area contributed by atoms with E-state index in [9.17, 15) is 14.7 Å². The molecule has 0 saturated heterocycles. The van der Waals surface area contributed by atoms with E-state index >= 15 is 0 Å². The number of carbonyl (C=O) groups is 2. The van der Waals surface area contributed by atoms with Gasteiger partial charge in [0.2, 0.25) is 0 Å². The van der Waals surface area contributed by atoms with Crippen LogP contribution in [0.25, 0.3) is 11.1 Å². The molecule has 1 amide bonds. The van der Waals surface area contributed by atoms with Crippen molar-refractivity contribution in [3.05, 3.63) is 59.7 Å². The van der Waals surface area contributed by atoms with E-state index in [1.54, 1.807) is 0 Å². The Labute approximate surface area is 178 Å². The highest BCUT2D eigenvalue weighted by atomic mass is 16.5. The molecule has 0 saturated carbocycles. The molecule has 5 nitrogen and oxygen atoms in total. The minimum atomic E-state index is -1.01. The lowest BCUT2D eigenvalue weighted by Gasteiger charge is -2.21. The largest absolute Gasteiger partial charge is 0.480 e. The van der Waals surface area contributed by atoms with Gasteiger partial charge < -0.3 is 15.2 Å². The van der Waals surface area contributed by atoms with Crippen LogP contribution in [0.2, 0.25) is 0 Å². The SMILES string of the molecule is CCCC(CCC)CC(NC(=O)OCC1c2ccccc2-c2ccccc21)C(=O)O. The average Bonchev–Trinajstić information content (AvgIpc) is 3.06. The molecular weight excluding hydrogens is 378 g/mol. The normalized spacial score (nSPS) is 13.6. The van der Waals surface area contributed by atoms with Gasteiger partial charge in [0.05, 0.1) is 0 Å². The molecule has 0 radical (unpaired) electrons. The van der Waals surface area contributed by atoms with Gasteiger partial charge in [-0.1, -0.05) is 88.1 Å². The fourth-order valence-corrected chi connectivity index (χ4v) is 4.53. The fraction of sp³-hybridized carbons (Fsp3) is 0.440. The Morgan fingerprint density at radius 1 is 0.967 bits per heavy atom. The lowest BCUT2D eigenvalue weighted by Crippen LogP contribution is -2.42. The van der Waals surface area contributed by atoms with Gasteiger partial charge in [0, 0.05) is 5.92 Å². The minimum absolute atomic E-state index is 0.0423. The van der Waals surface area contributed by atoms with E-state index in [0.717, 1.165) is 47.9 Å². The zero-order valence-electron chi connectivity index (χ0n) is 17.8. The number of alkyl carbamates (subject to hydrolysis) is 1. The number of ether oxygens (including phenoxy) is 1. The monoisotopic (exact) mass is 409 g/mol. The maximum atomic E-state index is 12.4. The number of nitrogens with one attached hydrogen (secondary N) is 1. The summed E-state index contributed by atoms with van der Waals surface area (Å²) in [7, 11) is 0. The Bertz CT molecular complexity index is 827. The van der Waals surface area contributed by atoms with Crippen LogP contribution in [-0.2, 0) is 9.53 Å². The molecule has 2 aromatic rings. The summed E-state index contributed by atoms with van der Waals surface area (Å²) < 4.78 is 5.51. The number of carboxylic acids is 1. The standard InChI is InChI=1S/C25H31NO4/c1-3-9-17(10-4-2)15-23(24(27)28)26-25(29)30-16-22-20-13-7-5-11-18(20)19-12-6-8-14-21(19)22/h5-8,11-14,17,22-23H,3-4,9-10,15-16H2,1-2H3,(H,26,29)(H,27,28). The predicted molar refractivity (Wildman–Crippen MR) is 118 cm³/mol. The highest BCUT2D eigenvalue weighted by Crippen LogP contribution is 2.44. The first-order valence-corrected chi connectivity index (χ1v) is 10.9. The highest BCUT2D eigenvalue weighted by molar-refractivity contribution is 5.81. The van der Waals surface area contributed by atoms with Crippen LogP contribution in [-0.4, -0.2) is 29.8 Å². The summed E-state index contributed by atoms with van der Waals surface area (Å²) in [5.41, 5.74) is 4.58. The van der Waals surface area contributed by atoms with Gasteiger partial charge in [0.25, 0.3) is 0 Å². The van der Waals surface area contributed by atoms with Crippen molar-refractivity contribution in [3.8, 4) is 11.1 Å². The van der Waals surface area contributed by atoms with E-state index in [1.807, 2.05) is 24.3 Å². The molecule has 0 heterocycles. The van der Waals surface area contributed by atoms with Crippen LogP contribution in [0.5, 0.6) is 0 Å². The van der Waals surface area contributed by atoms with Crippen LogP contribution in [0, 0.1) is 5.92 Å². The Kier molecular flexibility index (Phi) is 7.50. The number of carboxylic acid groups (broad SMARTS) is 1. The molecule has 2 N–H and O–H groups in total. The lowest BCUT2D eigenvalue weighted by atomic mass is 9.91. The lowest BCUT2D eigenvalue weighted by molar-refractivity contribution is -0.139. The minimum Gasteiger partial charge on any atom is -0.480 e. The third-order valence-corrected chi connectivity index (χ3v) is 5.90. The van der Waals surface area contributed by atoms with Crippen molar-refractivity contribution in [3.63, 3.8) is 0 Å². The number of benzene rings is 2. The van der Waals surface area contributed by atoms with Gasteiger partial charge in [0.15, 0.2) is 0 Å². The highest BCUT2D eigenvalue weighted by Gasteiger charge is 2.30. The molecule has 1 unspecified atom stereocenters. The van der Waals surface area contributed by atoms with E-state index in [4.69, 9.17) is 4.74 Å². The maximum Gasteiger partial charge on any atom is 0.407 e. The molecule has 0 spiro atoms. The van der Waals surface area contributed by atoms with Crippen LogP contribution in [0.15, 0.2) is 48.5 Å². The second-order valence-corrected chi connectivity index (χ2v) is 8.04. The molecule has 1 aliphatic rings. The van der Waals surface area contributed by atoms with Gasteiger partial charge in [0.1, 0.15) is 12.6 Å². The van der Waals surface area contributed by atoms with Gasteiger partial charge in [-0.3, -0.25) is 0 Å². The number of aliphatic carboxylic acids is 1. The number of hydrogen-bond donors (Lipinski definition) is 2. The number of carbonyl (C=O) groups excluding carboxylic acids is 1. The molecule has 1 atom stereocenters. The summed E-state index contributed by atoms with van der Waals surface area (Å²) in [6.07, 6.45) is 3.69. The quantitative estimate of drug-likeness (QED) is 0.537. The predicted octanol–water partition coefficient (Wildman–Crippen LogP) is 5.58. The topological polar surface area (TPSA) is 75.6 Å². The molecule has 5 heteroatoms. The van der Waals surface area contributed by atoms with Crippen molar-refractivity contribution >= 4 is 12.1 Å². The Morgan fingerprint density at radius 3 is 2.00 bits per heavy atom. The zero-order valence-corrected chi connectivity index (χ0v) is 17.8. The van der Waals surface area contributed by atoms with E-state index in [2.05, 4.69) is 43.4 Å². The van der Waals surface area contributed by atoms with Gasteiger partial charge in [-0.05, 0) is 34.6 Å². The van der Waals surface area contributed by atoms with E-state index < -0.39 is 18.1 Å². The summed E-state index contributed by atoms with van der Waals surface area (Å²) in [5, 5.41) is 12.2. The van der Waals surface area contributed by atoms with Gasteiger partial charge in [-0.15, -0.1) is 0 Å². The second-order valence-electron chi connectivity index (χ2n) is 8.04. The summed E-state index contributed by atoms with van der Waals surface area (Å²) in [6, 6.07) is 15.3. The van der Waals surface area contributed by atoms with Crippen LogP contribution in [0.3, 0.4) is 0 Å². The third kappa shape index (κ3) is 5.02. The van der Waals surface area contributed by atoms with Crippen molar-refractivity contribution in [1.29, 1.82) is 0 Å².